The van der Waals surface area contributed by atoms with Gasteiger partial charge in [0.25, 0.3) is 5.91 Å². The Morgan fingerprint density at radius 3 is 2.53 bits per heavy atom. The van der Waals surface area contributed by atoms with Crippen molar-refractivity contribution < 1.29 is 4.79 Å². The van der Waals surface area contributed by atoms with Gasteiger partial charge in [0.2, 0.25) is 0 Å². The minimum absolute atomic E-state index is 0.113. The largest absolute Gasteiger partial charge is 0.353 e. The van der Waals surface area contributed by atoms with Gasteiger partial charge in [-0.2, -0.15) is 5.10 Å². The van der Waals surface area contributed by atoms with Gasteiger partial charge in [0, 0.05) is 37.8 Å². The first-order chi connectivity index (χ1) is 14.7. The van der Waals surface area contributed by atoms with Crippen molar-refractivity contribution in [1.82, 2.24) is 19.7 Å². The first-order valence-corrected chi connectivity index (χ1v) is 11.0. The molecule has 0 spiro atoms. The van der Waals surface area contributed by atoms with E-state index in [1.54, 1.807) is 11.3 Å². The molecule has 4 aromatic rings. The van der Waals surface area contributed by atoms with E-state index in [1.807, 2.05) is 65.2 Å². The molecular weight excluding hydrogens is 394 g/mol. The number of aromatic nitrogens is 3. The third kappa shape index (κ3) is 3.57. The van der Waals surface area contributed by atoms with E-state index in [0.29, 0.717) is 19.6 Å². The van der Waals surface area contributed by atoms with Crippen molar-refractivity contribution in [2.45, 2.75) is 13.5 Å². The van der Waals surface area contributed by atoms with E-state index < -0.39 is 0 Å². The molecule has 152 valence electrons. The lowest BCUT2D eigenvalue weighted by Gasteiger charge is -2.35. The van der Waals surface area contributed by atoms with Crippen LogP contribution in [0.1, 0.15) is 20.9 Å². The predicted molar refractivity (Wildman–Crippen MR) is 120 cm³/mol. The number of nitrogens with zero attached hydrogens (tertiary/aromatic N) is 5. The van der Waals surface area contributed by atoms with Crippen molar-refractivity contribution in [1.29, 1.82) is 0 Å². The van der Waals surface area contributed by atoms with Gasteiger partial charge in [0.1, 0.15) is 10.6 Å². The summed E-state index contributed by atoms with van der Waals surface area (Å²) >= 11 is 1.55. The lowest BCUT2D eigenvalue weighted by atomic mass is 10.2. The molecule has 30 heavy (non-hydrogen) atoms. The molecule has 1 aliphatic heterocycles. The fourth-order valence-electron chi connectivity index (χ4n) is 3.92. The SMILES string of the molecule is Cc1nn(Cc2ccccc2)c2sc(C(=O)N3CCN(c4ccccn4)CC3)cc12. The molecule has 6 nitrogen and oxygen atoms in total. The molecule has 1 fully saturated rings. The number of carbonyl (C=O) groups is 1. The van der Waals surface area contributed by atoms with Gasteiger partial charge in [0.15, 0.2) is 0 Å². The minimum atomic E-state index is 0.113. The lowest BCUT2D eigenvalue weighted by molar-refractivity contribution is 0.0751. The third-order valence-corrected chi connectivity index (χ3v) is 6.67. The van der Waals surface area contributed by atoms with Gasteiger partial charge in [-0.25, -0.2) is 4.98 Å². The van der Waals surface area contributed by atoms with Crippen LogP contribution < -0.4 is 4.90 Å². The van der Waals surface area contributed by atoms with Crippen molar-refractivity contribution in [2.75, 3.05) is 31.1 Å². The van der Waals surface area contributed by atoms with Crippen molar-refractivity contribution in [3.05, 3.63) is 76.9 Å². The fourth-order valence-corrected chi connectivity index (χ4v) is 5.05. The molecule has 1 aromatic carbocycles. The summed E-state index contributed by atoms with van der Waals surface area (Å²) in [6, 6.07) is 18.2. The quantitative estimate of drug-likeness (QED) is 0.507. The number of fused-ring (bicyclic) bond motifs is 1. The molecule has 0 atom stereocenters. The number of piperazine rings is 1. The second-order valence-electron chi connectivity index (χ2n) is 7.53. The molecule has 1 saturated heterocycles. The summed E-state index contributed by atoms with van der Waals surface area (Å²) in [7, 11) is 0. The molecule has 0 N–H and O–H groups in total. The van der Waals surface area contributed by atoms with Crippen LogP contribution in [0.25, 0.3) is 10.2 Å². The molecule has 3 aromatic heterocycles. The summed E-state index contributed by atoms with van der Waals surface area (Å²) < 4.78 is 2.01. The summed E-state index contributed by atoms with van der Waals surface area (Å²) in [5.74, 6) is 1.09. The van der Waals surface area contributed by atoms with Crippen LogP contribution in [0.2, 0.25) is 0 Å². The smallest absolute Gasteiger partial charge is 0.264 e. The number of anilines is 1. The van der Waals surface area contributed by atoms with Crippen molar-refractivity contribution in [3.8, 4) is 0 Å². The third-order valence-electron chi connectivity index (χ3n) is 5.53. The normalized spacial score (nSPS) is 14.4. The van der Waals surface area contributed by atoms with E-state index in [4.69, 9.17) is 5.10 Å². The Morgan fingerprint density at radius 1 is 1.03 bits per heavy atom. The molecule has 1 aliphatic rings. The van der Waals surface area contributed by atoms with E-state index in [-0.39, 0.29) is 5.91 Å². The second kappa shape index (κ2) is 7.91. The first-order valence-electron chi connectivity index (χ1n) is 10.2. The monoisotopic (exact) mass is 417 g/mol. The van der Waals surface area contributed by atoms with E-state index in [1.165, 1.54) is 5.56 Å². The van der Waals surface area contributed by atoms with Gasteiger partial charge >= 0.3 is 0 Å². The van der Waals surface area contributed by atoms with Gasteiger partial charge in [0.05, 0.1) is 17.1 Å². The highest BCUT2D eigenvalue weighted by Gasteiger charge is 2.25. The zero-order valence-electron chi connectivity index (χ0n) is 16.9. The van der Waals surface area contributed by atoms with Crippen LogP contribution in [0.5, 0.6) is 0 Å². The summed E-state index contributed by atoms with van der Waals surface area (Å²) in [5, 5.41) is 5.77. The van der Waals surface area contributed by atoms with Crippen LogP contribution in [-0.4, -0.2) is 51.8 Å². The number of pyridine rings is 1. The average molecular weight is 418 g/mol. The lowest BCUT2D eigenvalue weighted by Crippen LogP contribution is -2.48. The maximum atomic E-state index is 13.2. The van der Waals surface area contributed by atoms with Crippen molar-refractivity contribution in [3.63, 3.8) is 0 Å². The standard InChI is InChI=1S/C23H23N5OS/c1-17-19-15-20(30-23(19)28(25-17)16-18-7-3-2-4-8-18)22(29)27-13-11-26(12-14-27)21-9-5-6-10-24-21/h2-10,15H,11-14,16H2,1H3. The Kier molecular flexibility index (Phi) is 4.96. The number of aryl methyl sites for hydroxylation is 1. The molecule has 1 amide bonds. The van der Waals surface area contributed by atoms with Crippen LogP contribution in [0.4, 0.5) is 5.82 Å². The van der Waals surface area contributed by atoms with Gasteiger partial charge in [-0.3, -0.25) is 9.48 Å². The number of hydrogen-bond acceptors (Lipinski definition) is 5. The molecular formula is C23H23N5OS. The molecule has 7 heteroatoms. The number of amides is 1. The van der Waals surface area contributed by atoms with E-state index in [9.17, 15) is 4.79 Å². The molecule has 0 radical (unpaired) electrons. The summed E-state index contributed by atoms with van der Waals surface area (Å²) in [6.45, 7) is 5.74. The number of thiophene rings is 1. The highest BCUT2D eigenvalue weighted by molar-refractivity contribution is 7.20. The van der Waals surface area contributed by atoms with Gasteiger partial charge in [-0.15, -0.1) is 11.3 Å². The summed E-state index contributed by atoms with van der Waals surface area (Å²) in [5.41, 5.74) is 2.17. The van der Waals surface area contributed by atoms with Crippen LogP contribution in [0.3, 0.4) is 0 Å². The predicted octanol–water partition coefficient (Wildman–Crippen LogP) is 3.81. The molecule has 5 rings (SSSR count). The number of benzene rings is 1. The van der Waals surface area contributed by atoms with Crippen molar-refractivity contribution in [2.24, 2.45) is 0 Å². The number of carbonyl (C=O) groups excluding carboxylic acids is 1. The van der Waals surface area contributed by atoms with Gasteiger partial charge < -0.3 is 9.80 Å². The zero-order chi connectivity index (χ0) is 20.5. The fraction of sp³-hybridized carbons (Fsp3) is 0.261. The van der Waals surface area contributed by atoms with E-state index in [0.717, 1.165) is 39.7 Å². The number of rotatable bonds is 4. The molecule has 0 unspecified atom stereocenters. The topological polar surface area (TPSA) is 54.3 Å². The van der Waals surface area contributed by atoms with Crippen LogP contribution in [0.15, 0.2) is 60.8 Å². The van der Waals surface area contributed by atoms with E-state index in [2.05, 4.69) is 22.0 Å². The van der Waals surface area contributed by atoms with Crippen molar-refractivity contribution >= 4 is 33.3 Å². The van der Waals surface area contributed by atoms with Gasteiger partial charge in [-0.05, 0) is 30.7 Å². The van der Waals surface area contributed by atoms with Crippen LogP contribution >= 0.6 is 11.3 Å². The summed E-state index contributed by atoms with van der Waals surface area (Å²) in [4.78, 5) is 23.6. The van der Waals surface area contributed by atoms with E-state index >= 15 is 0 Å². The second-order valence-corrected chi connectivity index (χ2v) is 8.56. The Morgan fingerprint density at radius 2 is 1.80 bits per heavy atom. The molecule has 0 aliphatic carbocycles. The maximum absolute atomic E-state index is 13.2. The molecule has 0 saturated carbocycles. The Balaban J connectivity index is 1.33. The Hall–Kier alpha value is -3.19. The zero-order valence-corrected chi connectivity index (χ0v) is 17.7. The first kappa shape index (κ1) is 18.8. The number of hydrogen-bond donors (Lipinski definition) is 0. The maximum Gasteiger partial charge on any atom is 0.264 e. The Bertz CT molecular complexity index is 1160. The van der Waals surface area contributed by atoms with Gasteiger partial charge in [-0.1, -0.05) is 36.4 Å². The Labute approximate surface area is 179 Å². The molecule has 4 heterocycles. The van der Waals surface area contributed by atoms with Crippen LogP contribution in [0, 0.1) is 6.92 Å². The molecule has 0 bridgehead atoms. The van der Waals surface area contributed by atoms with Crippen LogP contribution in [-0.2, 0) is 6.54 Å². The summed E-state index contributed by atoms with van der Waals surface area (Å²) in [6.07, 6.45) is 1.81. The average Bonchev–Trinajstić information content (AvgIpc) is 3.36. The highest BCUT2D eigenvalue weighted by atomic mass is 32.1. The minimum Gasteiger partial charge on any atom is -0.353 e. The highest BCUT2D eigenvalue weighted by Crippen LogP contribution is 2.30.